The molecule has 0 fully saturated rings. The van der Waals surface area contributed by atoms with Gasteiger partial charge in [-0.3, -0.25) is 0 Å². The molecule has 0 unspecified atom stereocenters. The molecule has 0 bridgehead atoms. The number of halogens is 1. The number of ether oxygens (including phenoxy) is 1. The summed E-state index contributed by atoms with van der Waals surface area (Å²) in [7, 11) is 1.92. The predicted molar refractivity (Wildman–Crippen MR) is 87.7 cm³/mol. The first-order valence-electron chi connectivity index (χ1n) is 7.84. The van der Waals surface area contributed by atoms with Gasteiger partial charge in [-0.1, -0.05) is 63.1 Å². The van der Waals surface area contributed by atoms with Gasteiger partial charge < -0.3 is 10.1 Å². The normalized spacial score (nSPS) is 10.8. The van der Waals surface area contributed by atoms with E-state index in [0.29, 0.717) is 0 Å². The molecule has 0 saturated heterocycles. The highest BCUT2D eigenvalue weighted by Crippen LogP contribution is 2.26. The zero-order valence-electron chi connectivity index (χ0n) is 12.9. The zero-order valence-corrected chi connectivity index (χ0v) is 13.6. The molecule has 2 nitrogen and oxygen atoms in total. The van der Waals surface area contributed by atoms with E-state index in [9.17, 15) is 0 Å². The Morgan fingerprint density at radius 2 is 1.75 bits per heavy atom. The van der Waals surface area contributed by atoms with Crippen LogP contribution >= 0.6 is 11.6 Å². The molecule has 0 aliphatic heterocycles. The maximum Gasteiger partial charge on any atom is 0.125 e. The molecule has 0 spiro atoms. The summed E-state index contributed by atoms with van der Waals surface area (Å²) in [5.74, 6) is 0.915. The van der Waals surface area contributed by atoms with Gasteiger partial charge >= 0.3 is 0 Å². The number of rotatable bonds is 11. The van der Waals surface area contributed by atoms with Gasteiger partial charge in [0.15, 0.2) is 0 Å². The van der Waals surface area contributed by atoms with E-state index < -0.39 is 0 Å². The van der Waals surface area contributed by atoms with Gasteiger partial charge in [-0.2, -0.15) is 0 Å². The van der Waals surface area contributed by atoms with Crippen LogP contribution in [0.2, 0.25) is 5.02 Å². The molecular formula is C17H28ClNO. The van der Waals surface area contributed by atoms with E-state index >= 15 is 0 Å². The molecule has 1 aromatic rings. The van der Waals surface area contributed by atoms with E-state index in [2.05, 4.69) is 12.2 Å². The summed E-state index contributed by atoms with van der Waals surface area (Å²) in [6.07, 6.45) is 9.11. The molecule has 1 N–H and O–H groups in total. The third-order valence-electron chi connectivity index (χ3n) is 3.43. The van der Waals surface area contributed by atoms with Crippen molar-refractivity contribution in [2.75, 3.05) is 13.7 Å². The molecule has 1 aromatic carbocycles. The van der Waals surface area contributed by atoms with Gasteiger partial charge in [-0.05, 0) is 25.6 Å². The van der Waals surface area contributed by atoms with Crippen LogP contribution in [0.1, 0.15) is 57.4 Å². The van der Waals surface area contributed by atoms with E-state index in [1.807, 2.05) is 25.2 Å². The Balaban J connectivity index is 2.23. The van der Waals surface area contributed by atoms with E-state index in [1.54, 1.807) is 0 Å². The zero-order chi connectivity index (χ0) is 14.6. The minimum absolute atomic E-state index is 0.742. The van der Waals surface area contributed by atoms with Crippen molar-refractivity contribution in [3.8, 4) is 5.75 Å². The third-order valence-corrected chi connectivity index (χ3v) is 3.79. The standard InChI is InChI=1S/C17H28ClNO/c1-3-4-5-6-7-8-9-13-20-17-12-10-11-16(18)15(17)14-19-2/h10-12,19H,3-9,13-14H2,1-2H3. The third kappa shape index (κ3) is 6.62. The van der Waals surface area contributed by atoms with Gasteiger partial charge in [0.2, 0.25) is 0 Å². The molecule has 3 heteroatoms. The largest absolute Gasteiger partial charge is 0.493 e. The molecule has 0 aromatic heterocycles. The fraction of sp³-hybridized carbons (Fsp3) is 0.647. The summed E-state index contributed by atoms with van der Waals surface area (Å²) in [6, 6.07) is 5.86. The monoisotopic (exact) mass is 297 g/mol. The fourth-order valence-corrected chi connectivity index (χ4v) is 2.50. The lowest BCUT2D eigenvalue weighted by molar-refractivity contribution is 0.301. The first-order valence-corrected chi connectivity index (χ1v) is 8.22. The Morgan fingerprint density at radius 3 is 2.45 bits per heavy atom. The van der Waals surface area contributed by atoms with Crippen molar-refractivity contribution in [3.63, 3.8) is 0 Å². The Morgan fingerprint density at radius 1 is 1.05 bits per heavy atom. The predicted octanol–water partition coefficient (Wildman–Crippen LogP) is 5.19. The van der Waals surface area contributed by atoms with E-state index in [1.165, 1.54) is 38.5 Å². The Labute approximate surface area is 128 Å². The lowest BCUT2D eigenvalue weighted by Gasteiger charge is -2.12. The van der Waals surface area contributed by atoms with Gasteiger partial charge in [0.1, 0.15) is 5.75 Å². The average Bonchev–Trinajstić information content (AvgIpc) is 2.45. The summed E-state index contributed by atoms with van der Waals surface area (Å²) >= 11 is 6.20. The summed E-state index contributed by atoms with van der Waals surface area (Å²) in [6.45, 7) is 3.78. The van der Waals surface area contributed by atoms with Gasteiger partial charge in [-0.25, -0.2) is 0 Å². The first-order chi connectivity index (χ1) is 9.79. The Hall–Kier alpha value is -0.730. The number of nitrogens with one attached hydrogen (secondary N) is 1. The van der Waals surface area contributed by atoms with E-state index in [0.717, 1.165) is 35.9 Å². The van der Waals surface area contributed by atoms with Gasteiger partial charge in [-0.15, -0.1) is 0 Å². The van der Waals surface area contributed by atoms with Crippen molar-refractivity contribution in [1.29, 1.82) is 0 Å². The van der Waals surface area contributed by atoms with Crippen molar-refractivity contribution in [2.45, 2.75) is 58.4 Å². The van der Waals surface area contributed by atoms with Crippen molar-refractivity contribution in [1.82, 2.24) is 5.32 Å². The highest BCUT2D eigenvalue weighted by Gasteiger charge is 2.06. The Bertz CT molecular complexity index is 368. The number of hydrogen-bond donors (Lipinski definition) is 1. The SMILES string of the molecule is CCCCCCCCCOc1cccc(Cl)c1CNC. The van der Waals surface area contributed by atoms with Crippen LogP contribution in [0, 0.1) is 0 Å². The smallest absolute Gasteiger partial charge is 0.125 e. The molecular weight excluding hydrogens is 270 g/mol. The minimum Gasteiger partial charge on any atom is -0.493 e. The fourth-order valence-electron chi connectivity index (χ4n) is 2.26. The molecule has 0 saturated carbocycles. The Kier molecular flexibility index (Phi) is 9.52. The number of benzene rings is 1. The molecule has 20 heavy (non-hydrogen) atoms. The van der Waals surface area contributed by atoms with Gasteiger partial charge in [0, 0.05) is 17.1 Å². The van der Waals surface area contributed by atoms with Crippen molar-refractivity contribution < 1.29 is 4.74 Å². The van der Waals surface area contributed by atoms with Crippen LogP contribution in [0.5, 0.6) is 5.75 Å². The second-order valence-corrected chi connectivity index (χ2v) is 5.62. The van der Waals surface area contributed by atoms with Crippen LogP contribution in [0.3, 0.4) is 0 Å². The molecule has 0 atom stereocenters. The lowest BCUT2D eigenvalue weighted by atomic mass is 10.1. The van der Waals surface area contributed by atoms with Gasteiger partial charge in [0.05, 0.1) is 6.61 Å². The molecule has 0 aliphatic rings. The van der Waals surface area contributed by atoms with Crippen molar-refractivity contribution in [2.24, 2.45) is 0 Å². The molecule has 0 amide bonds. The van der Waals surface area contributed by atoms with Gasteiger partial charge in [0.25, 0.3) is 0 Å². The quantitative estimate of drug-likeness (QED) is 0.568. The van der Waals surface area contributed by atoms with Crippen LogP contribution in [0.15, 0.2) is 18.2 Å². The maximum atomic E-state index is 6.20. The van der Waals surface area contributed by atoms with Crippen LogP contribution < -0.4 is 10.1 Å². The van der Waals surface area contributed by atoms with Crippen LogP contribution in [-0.2, 0) is 6.54 Å². The maximum absolute atomic E-state index is 6.20. The summed E-state index contributed by atoms with van der Waals surface area (Å²) in [5.41, 5.74) is 1.06. The summed E-state index contributed by atoms with van der Waals surface area (Å²) < 4.78 is 5.87. The number of hydrogen-bond acceptors (Lipinski definition) is 2. The lowest BCUT2D eigenvalue weighted by Crippen LogP contribution is -2.08. The van der Waals surface area contributed by atoms with Crippen LogP contribution in [0.4, 0.5) is 0 Å². The molecule has 0 heterocycles. The molecule has 114 valence electrons. The first kappa shape index (κ1) is 17.3. The highest BCUT2D eigenvalue weighted by atomic mass is 35.5. The van der Waals surface area contributed by atoms with Crippen LogP contribution in [-0.4, -0.2) is 13.7 Å². The summed E-state index contributed by atoms with van der Waals surface area (Å²) in [5, 5.41) is 3.91. The molecule has 0 aliphatic carbocycles. The number of unbranched alkanes of at least 4 members (excludes halogenated alkanes) is 6. The minimum atomic E-state index is 0.742. The second-order valence-electron chi connectivity index (χ2n) is 5.22. The highest BCUT2D eigenvalue weighted by molar-refractivity contribution is 6.31. The topological polar surface area (TPSA) is 21.3 Å². The van der Waals surface area contributed by atoms with Crippen LogP contribution in [0.25, 0.3) is 0 Å². The van der Waals surface area contributed by atoms with E-state index in [4.69, 9.17) is 16.3 Å². The van der Waals surface area contributed by atoms with E-state index in [-0.39, 0.29) is 0 Å². The molecule has 0 radical (unpaired) electrons. The van der Waals surface area contributed by atoms with Crippen molar-refractivity contribution >= 4 is 11.6 Å². The molecule has 1 rings (SSSR count). The summed E-state index contributed by atoms with van der Waals surface area (Å²) in [4.78, 5) is 0. The average molecular weight is 298 g/mol. The second kappa shape index (κ2) is 11.0. The van der Waals surface area contributed by atoms with Crippen molar-refractivity contribution in [3.05, 3.63) is 28.8 Å².